The molecule has 19 nitrogen and oxygen atoms in total. The minimum absolute atomic E-state index is 0.00782. The number of esters is 2. The number of likely N-dealkylation sites (tertiary alicyclic amines) is 2. The van der Waals surface area contributed by atoms with Gasteiger partial charge in [-0.25, -0.2) is 19.6 Å². The quantitative estimate of drug-likeness (QED) is 0.0565. The molecule has 5 fully saturated rings. The van der Waals surface area contributed by atoms with Gasteiger partial charge in [0.15, 0.2) is 0 Å². The minimum Gasteiger partial charge on any atom is -0.496 e. The number of ether oxygens (including phenoxy) is 5. The second kappa shape index (κ2) is 23.5. The third-order valence-electron chi connectivity index (χ3n) is 19.6. The predicted octanol–water partition coefficient (Wildman–Crippen LogP) is 10.0. The molecule has 2 aliphatic heterocycles. The smallest absolute Gasteiger partial charge is 0.407 e. The largest absolute Gasteiger partial charge is 0.496 e. The SMILES string of the molecule is COC(=O)CC[C@H](NC(=O)OC)C(=O)N1[C@H](c2nc3ccc(C4=C5CCc6cc(-c7ccc8nc([C@@H]9C[C@@H]%10CCCC[C@@H]%10N9C(=O)[C@H](CCC(=O)OC)NC(=O)OC)[nH]c8c7)c(cc6OC)C[C@H]6CC(=C4)[C@H]6C5)cc3[nH]2)C[C@@H]2CCCC[C@@H]21. The number of imidazole rings is 2. The number of benzene rings is 3. The molecular weight excluding hydrogens is 1060 g/mol. The van der Waals surface area contributed by atoms with Crippen molar-refractivity contribution < 1.29 is 52.5 Å². The van der Waals surface area contributed by atoms with Crippen molar-refractivity contribution in [2.45, 2.75) is 158 Å². The number of alkyl carbamates (subject to hydrolysis) is 2. The number of H-pyrrole nitrogens is 2. The molecule has 13 rings (SSSR count). The maximum absolute atomic E-state index is 14.7. The number of methoxy groups -OCH3 is 5. The molecule has 0 spiro atoms. The third-order valence-corrected chi connectivity index (χ3v) is 19.6. The topological polar surface area (TPSA) is 236 Å². The van der Waals surface area contributed by atoms with Gasteiger partial charge in [-0.05, 0) is 177 Å². The van der Waals surface area contributed by atoms with Crippen LogP contribution in [-0.4, -0.2) is 125 Å². The number of fused-ring (bicyclic) bond motifs is 7. The molecule has 6 aliphatic carbocycles. The first kappa shape index (κ1) is 55.8. The number of amides is 4. The van der Waals surface area contributed by atoms with E-state index in [-0.39, 0.29) is 67.6 Å². The zero-order valence-corrected chi connectivity index (χ0v) is 48.2. The number of hydrogen-bond acceptors (Lipinski definition) is 13. The van der Waals surface area contributed by atoms with Crippen molar-refractivity contribution in [3.05, 3.63) is 94.1 Å². The van der Waals surface area contributed by atoms with Crippen LogP contribution in [-0.2, 0) is 51.0 Å². The molecule has 2 saturated heterocycles. The van der Waals surface area contributed by atoms with Gasteiger partial charge in [-0.15, -0.1) is 0 Å². The Morgan fingerprint density at radius 3 is 1.69 bits per heavy atom. The molecule has 2 aromatic heterocycles. The highest BCUT2D eigenvalue weighted by atomic mass is 16.5. The van der Waals surface area contributed by atoms with E-state index in [0.29, 0.717) is 23.6 Å². The van der Waals surface area contributed by atoms with Gasteiger partial charge in [-0.1, -0.05) is 55.0 Å². The molecule has 4 bridgehead atoms. The van der Waals surface area contributed by atoms with Crippen molar-refractivity contribution in [1.82, 2.24) is 40.4 Å². The Balaban J connectivity index is 0.824. The highest BCUT2D eigenvalue weighted by Crippen LogP contribution is 2.54. The number of carbonyl (C=O) groups excluding carboxylic acids is 6. The fraction of sp³-hybridized carbons (Fsp3) is 0.531. The van der Waals surface area contributed by atoms with Crippen LogP contribution in [0.4, 0.5) is 9.59 Å². The van der Waals surface area contributed by atoms with Gasteiger partial charge in [0.1, 0.15) is 29.5 Å². The summed E-state index contributed by atoms with van der Waals surface area (Å²) in [6, 6.07) is 14.9. The average molecular weight is 1130 g/mol. The van der Waals surface area contributed by atoms with E-state index in [2.05, 4.69) is 75.2 Å². The first-order chi connectivity index (χ1) is 40.3. The highest BCUT2D eigenvalue weighted by Gasteiger charge is 2.50. The Morgan fingerprint density at radius 1 is 0.602 bits per heavy atom. The van der Waals surface area contributed by atoms with Gasteiger partial charge in [0, 0.05) is 24.9 Å². The molecule has 438 valence electrons. The molecule has 4 heterocycles. The second-order valence-electron chi connectivity index (χ2n) is 24.1. The summed E-state index contributed by atoms with van der Waals surface area (Å²) in [5.74, 6) is 2.38. The number of nitrogens with zero attached hydrogens (tertiary/aromatic N) is 4. The van der Waals surface area contributed by atoms with Crippen LogP contribution in [0.25, 0.3) is 38.8 Å². The Hall–Kier alpha value is -7.70. The number of nitrogens with one attached hydrogen (secondary N) is 4. The monoisotopic (exact) mass is 1130 g/mol. The Labute approximate surface area is 483 Å². The van der Waals surface area contributed by atoms with Crippen LogP contribution >= 0.6 is 0 Å². The standard InChI is InChI=1S/C64H76N8O11/c1-79-56-33-42-25-40-24-41-28-43(35-16-18-46-50(29-35)67-59(65-46)54-31-37-10-6-8-12-52(37)71(54)61(75)48(69-63(77)82-4)20-22-57(73)80-2)34(26-45(40)41)14-15-39(56)27-44(42)36-17-19-47-51(30-36)68-60(66-47)55-32-38-11-7-9-13-53(38)72(55)62(76)49(70-64(78)83-5)21-23-58(74)81-3/h16-19,27-30,33,37-38,40,45,48-49,52-55H,6-15,20-26,31-32H2,1-5H3,(H,65,67)(H,66,68)(H,69,77)(H,70,78)/t37-,38-,40+,45-,48-,49-,52-,53-,54-,55-/m0/s1. The molecule has 83 heavy (non-hydrogen) atoms. The van der Waals surface area contributed by atoms with Gasteiger partial charge in [0.2, 0.25) is 11.8 Å². The van der Waals surface area contributed by atoms with Gasteiger partial charge in [0.05, 0.1) is 69.7 Å². The molecule has 8 aliphatic rings. The predicted molar refractivity (Wildman–Crippen MR) is 308 cm³/mol. The normalized spacial score (nSPS) is 25.0. The van der Waals surface area contributed by atoms with Crippen LogP contribution in [0.3, 0.4) is 0 Å². The summed E-state index contributed by atoms with van der Waals surface area (Å²) in [4.78, 5) is 101. The van der Waals surface area contributed by atoms with E-state index in [4.69, 9.17) is 33.7 Å². The summed E-state index contributed by atoms with van der Waals surface area (Å²) in [7, 11) is 6.90. The summed E-state index contributed by atoms with van der Waals surface area (Å²) in [6.07, 6.45) is 15.1. The lowest BCUT2D eigenvalue weighted by atomic mass is 9.61. The van der Waals surface area contributed by atoms with Crippen LogP contribution < -0.4 is 15.4 Å². The van der Waals surface area contributed by atoms with Crippen molar-refractivity contribution in [3.8, 4) is 16.9 Å². The summed E-state index contributed by atoms with van der Waals surface area (Å²) in [5.41, 5.74) is 13.3. The van der Waals surface area contributed by atoms with Crippen LogP contribution in [0.1, 0.15) is 150 Å². The molecule has 3 saturated carbocycles. The van der Waals surface area contributed by atoms with Crippen molar-refractivity contribution in [1.29, 1.82) is 0 Å². The summed E-state index contributed by atoms with van der Waals surface area (Å²) < 4.78 is 25.8. The number of hydrogen-bond donors (Lipinski definition) is 4. The lowest BCUT2D eigenvalue weighted by Gasteiger charge is -2.44. The number of carbonyl (C=O) groups is 6. The molecule has 0 radical (unpaired) electrons. The van der Waals surface area contributed by atoms with Crippen LogP contribution in [0.15, 0.2) is 65.8 Å². The van der Waals surface area contributed by atoms with Crippen molar-refractivity contribution in [2.75, 3.05) is 35.5 Å². The van der Waals surface area contributed by atoms with Crippen molar-refractivity contribution in [3.63, 3.8) is 0 Å². The minimum atomic E-state index is -0.975. The lowest BCUT2D eigenvalue weighted by molar-refractivity contribution is -0.143. The van der Waals surface area contributed by atoms with E-state index in [1.807, 2.05) is 9.80 Å². The zero-order valence-electron chi connectivity index (χ0n) is 48.2. The number of aromatic amines is 2. The molecule has 4 amide bonds. The fourth-order valence-corrected chi connectivity index (χ4v) is 15.4. The van der Waals surface area contributed by atoms with Crippen LogP contribution in [0.5, 0.6) is 5.75 Å². The third kappa shape index (κ3) is 10.8. The van der Waals surface area contributed by atoms with E-state index >= 15 is 0 Å². The Morgan fingerprint density at radius 2 is 1.14 bits per heavy atom. The lowest BCUT2D eigenvalue weighted by Crippen LogP contribution is -2.52. The van der Waals surface area contributed by atoms with Crippen LogP contribution in [0.2, 0.25) is 0 Å². The maximum Gasteiger partial charge on any atom is 0.407 e. The number of allylic oxidation sites excluding steroid dienone is 4. The van der Waals surface area contributed by atoms with Gasteiger partial charge >= 0.3 is 24.1 Å². The summed E-state index contributed by atoms with van der Waals surface area (Å²) >= 11 is 0. The van der Waals surface area contributed by atoms with Crippen molar-refractivity contribution >= 4 is 63.6 Å². The van der Waals surface area contributed by atoms with E-state index in [9.17, 15) is 28.8 Å². The summed E-state index contributed by atoms with van der Waals surface area (Å²) in [5, 5.41) is 5.43. The van der Waals surface area contributed by atoms with Gasteiger partial charge < -0.3 is 54.1 Å². The van der Waals surface area contributed by atoms with E-state index < -0.39 is 36.2 Å². The Kier molecular flexibility index (Phi) is 15.8. The van der Waals surface area contributed by atoms with Crippen molar-refractivity contribution in [2.24, 2.45) is 23.7 Å². The zero-order chi connectivity index (χ0) is 57.6. The Bertz CT molecular complexity index is 3440. The second-order valence-corrected chi connectivity index (χ2v) is 24.1. The highest BCUT2D eigenvalue weighted by molar-refractivity contribution is 5.90. The number of aryl methyl sites for hydroxylation is 1. The molecule has 3 aromatic carbocycles. The number of aromatic nitrogens is 4. The fourth-order valence-electron chi connectivity index (χ4n) is 15.4. The number of rotatable bonds is 15. The first-order valence-electron chi connectivity index (χ1n) is 29.9. The molecule has 10 atom stereocenters. The molecule has 5 aromatic rings. The summed E-state index contributed by atoms with van der Waals surface area (Å²) in [6.45, 7) is 0. The van der Waals surface area contributed by atoms with Crippen LogP contribution in [0, 0.1) is 23.7 Å². The maximum atomic E-state index is 14.7. The van der Waals surface area contributed by atoms with Gasteiger partial charge in [0.25, 0.3) is 0 Å². The molecule has 4 N–H and O–H groups in total. The van der Waals surface area contributed by atoms with E-state index in [0.717, 1.165) is 147 Å². The van der Waals surface area contributed by atoms with E-state index in [1.165, 1.54) is 56.3 Å². The van der Waals surface area contributed by atoms with Gasteiger partial charge in [-0.3, -0.25) is 19.2 Å². The molecule has 19 heteroatoms. The van der Waals surface area contributed by atoms with Gasteiger partial charge in [-0.2, -0.15) is 0 Å². The first-order valence-corrected chi connectivity index (χ1v) is 29.9. The average Bonchev–Trinajstić information content (AvgIpc) is 4.49. The molecule has 0 unspecified atom stereocenters. The van der Waals surface area contributed by atoms with E-state index in [1.54, 1.807) is 7.11 Å². The molecular formula is C64H76N8O11.